The largest absolute Gasteiger partial charge is 0.449 e. The van der Waals surface area contributed by atoms with Gasteiger partial charge < -0.3 is 19.7 Å². The van der Waals surface area contributed by atoms with E-state index in [0.717, 1.165) is 11.0 Å². The van der Waals surface area contributed by atoms with Gasteiger partial charge in [0.05, 0.1) is 30.0 Å². The van der Waals surface area contributed by atoms with Crippen LogP contribution in [0.4, 0.5) is 4.79 Å². The molecule has 1 aliphatic carbocycles. The lowest BCUT2D eigenvalue weighted by atomic mass is 9.98. The van der Waals surface area contributed by atoms with Crippen molar-refractivity contribution in [3.63, 3.8) is 0 Å². The van der Waals surface area contributed by atoms with Crippen molar-refractivity contribution in [1.29, 1.82) is 0 Å². The van der Waals surface area contributed by atoms with Crippen LogP contribution in [-0.4, -0.2) is 40.0 Å². The van der Waals surface area contributed by atoms with Gasteiger partial charge in [-0.2, -0.15) is 0 Å². The number of nitrogens with zero attached hydrogens (tertiary/aromatic N) is 2. The summed E-state index contributed by atoms with van der Waals surface area (Å²) in [5.41, 5.74) is 8.95. The molecule has 2 N–H and O–H groups in total. The fourth-order valence-corrected chi connectivity index (χ4v) is 4.60. The zero-order valence-corrected chi connectivity index (χ0v) is 18.8. The number of hydrogen-bond donors (Lipinski definition) is 2. The van der Waals surface area contributed by atoms with Crippen LogP contribution in [0.25, 0.3) is 22.2 Å². The summed E-state index contributed by atoms with van der Waals surface area (Å²) < 4.78 is 7.45. The number of carbonyl (C=O) groups excluding carboxylic acids is 1. The first kappa shape index (κ1) is 21.2. The number of aliphatic hydroxyl groups excluding tert-OH is 1. The smallest absolute Gasteiger partial charge is 0.407 e. The molecule has 1 aromatic heterocycles. The third kappa shape index (κ3) is 4.10. The minimum atomic E-state index is -0.760. The number of benzene rings is 3. The maximum Gasteiger partial charge on any atom is 0.407 e. The number of imidazole rings is 1. The molecular weight excluding hydrogens is 414 g/mol. The second-order valence-electron chi connectivity index (χ2n) is 8.68. The van der Waals surface area contributed by atoms with Crippen LogP contribution >= 0.6 is 0 Å². The van der Waals surface area contributed by atoms with E-state index < -0.39 is 12.2 Å². The van der Waals surface area contributed by atoms with Crippen LogP contribution in [0.3, 0.4) is 0 Å². The lowest BCUT2D eigenvalue weighted by Crippen LogP contribution is -2.35. The van der Waals surface area contributed by atoms with E-state index in [0.29, 0.717) is 6.54 Å². The van der Waals surface area contributed by atoms with Gasteiger partial charge in [-0.1, -0.05) is 48.5 Å². The maximum atomic E-state index is 12.4. The molecule has 6 nitrogen and oxygen atoms in total. The van der Waals surface area contributed by atoms with Crippen molar-refractivity contribution in [1.82, 2.24) is 14.9 Å². The lowest BCUT2D eigenvalue weighted by molar-refractivity contribution is 0.122. The van der Waals surface area contributed by atoms with E-state index >= 15 is 0 Å². The van der Waals surface area contributed by atoms with E-state index in [2.05, 4.69) is 54.5 Å². The van der Waals surface area contributed by atoms with Crippen LogP contribution in [0.5, 0.6) is 0 Å². The standard InChI is InChI=1S/C27H27N3O3/c1-17-11-25-26(12-18(17)2)30(16-29-25)14-19(31)13-28-27(32)33-15-24-22-9-5-3-7-20(22)21-8-4-6-10-23(21)24/h3-12,16,19,24,31H,13-15H2,1-2H3,(H,28,32). The molecular formula is C27H27N3O3. The van der Waals surface area contributed by atoms with Gasteiger partial charge in [0.1, 0.15) is 6.61 Å². The highest BCUT2D eigenvalue weighted by atomic mass is 16.5. The molecule has 0 saturated carbocycles. The van der Waals surface area contributed by atoms with Gasteiger partial charge in [0.25, 0.3) is 0 Å². The van der Waals surface area contributed by atoms with Crippen LogP contribution in [0.1, 0.15) is 28.2 Å². The Kier molecular flexibility index (Phi) is 5.60. The van der Waals surface area contributed by atoms with Crippen LogP contribution in [0.2, 0.25) is 0 Å². The van der Waals surface area contributed by atoms with Crippen molar-refractivity contribution >= 4 is 17.1 Å². The topological polar surface area (TPSA) is 76.4 Å². The summed E-state index contributed by atoms with van der Waals surface area (Å²) in [4.78, 5) is 16.8. The number of carbonyl (C=O) groups is 1. The number of aryl methyl sites for hydroxylation is 2. The van der Waals surface area contributed by atoms with Crippen molar-refractivity contribution in [2.75, 3.05) is 13.2 Å². The first-order valence-corrected chi connectivity index (χ1v) is 11.2. The van der Waals surface area contributed by atoms with Gasteiger partial charge in [0, 0.05) is 12.5 Å². The van der Waals surface area contributed by atoms with Crippen molar-refractivity contribution in [3.8, 4) is 11.1 Å². The van der Waals surface area contributed by atoms with E-state index in [9.17, 15) is 9.90 Å². The summed E-state index contributed by atoms with van der Waals surface area (Å²) in [6.07, 6.45) is 0.433. The van der Waals surface area contributed by atoms with E-state index in [4.69, 9.17) is 4.74 Å². The second kappa shape index (κ2) is 8.71. The quantitative estimate of drug-likeness (QED) is 0.460. The van der Waals surface area contributed by atoms with Gasteiger partial charge in [-0.05, 0) is 59.4 Å². The van der Waals surface area contributed by atoms with Crippen molar-refractivity contribution in [2.45, 2.75) is 32.4 Å². The number of rotatable bonds is 6. The number of hydrogen-bond acceptors (Lipinski definition) is 4. The van der Waals surface area contributed by atoms with E-state index in [-0.39, 0.29) is 19.1 Å². The Bertz CT molecular complexity index is 1280. The van der Waals surface area contributed by atoms with Crippen LogP contribution in [0, 0.1) is 13.8 Å². The highest BCUT2D eigenvalue weighted by molar-refractivity contribution is 5.79. The molecule has 0 fully saturated rings. The van der Waals surface area contributed by atoms with Crippen molar-refractivity contribution < 1.29 is 14.6 Å². The average Bonchev–Trinajstić information content (AvgIpc) is 3.35. The van der Waals surface area contributed by atoms with Crippen LogP contribution < -0.4 is 5.32 Å². The Morgan fingerprint density at radius 1 is 1.06 bits per heavy atom. The van der Waals surface area contributed by atoms with Gasteiger partial charge in [-0.25, -0.2) is 9.78 Å². The molecule has 4 aromatic rings. The molecule has 1 atom stereocenters. The second-order valence-corrected chi connectivity index (χ2v) is 8.68. The highest BCUT2D eigenvalue weighted by Crippen LogP contribution is 2.44. The summed E-state index contributed by atoms with van der Waals surface area (Å²) >= 11 is 0. The van der Waals surface area contributed by atoms with Crippen molar-refractivity contribution in [2.24, 2.45) is 0 Å². The van der Waals surface area contributed by atoms with Crippen molar-refractivity contribution in [3.05, 3.63) is 89.2 Å². The zero-order valence-electron chi connectivity index (χ0n) is 18.8. The Morgan fingerprint density at radius 2 is 1.70 bits per heavy atom. The predicted molar refractivity (Wildman–Crippen MR) is 128 cm³/mol. The molecule has 1 heterocycles. The molecule has 0 saturated heterocycles. The van der Waals surface area contributed by atoms with E-state index in [1.165, 1.54) is 33.4 Å². The fraction of sp³-hybridized carbons (Fsp3) is 0.259. The Hall–Kier alpha value is -3.64. The van der Waals surface area contributed by atoms with Gasteiger partial charge >= 0.3 is 6.09 Å². The molecule has 33 heavy (non-hydrogen) atoms. The van der Waals surface area contributed by atoms with Gasteiger partial charge in [0.2, 0.25) is 0 Å². The summed E-state index contributed by atoms with van der Waals surface area (Å²) in [5.74, 6) is 0.0112. The zero-order chi connectivity index (χ0) is 22.9. The molecule has 1 aliphatic rings. The lowest BCUT2D eigenvalue weighted by Gasteiger charge is -2.16. The van der Waals surface area contributed by atoms with Gasteiger partial charge in [0.15, 0.2) is 0 Å². The number of aliphatic hydroxyl groups is 1. The monoisotopic (exact) mass is 441 g/mol. The molecule has 0 radical (unpaired) electrons. The molecule has 0 bridgehead atoms. The SMILES string of the molecule is Cc1cc2ncn(CC(O)CNC(=O)OCC3c4ccccc4-c4ccccc43)c2cc1C. The number of ether oxygens (including phenoxy) is 1. The fourth-order valence-electron chi connectivity index (χ4n) is 4.60. The Balaban J connectivity index is 1.18. The third-order valence-corrected chi connectivity index (χ3v) is 6.47. The molecule has 1 unspecified atom stereocenters. The molecule has 3 aromatic carbocycles. The summed E-state index contributed by atoms with van der Waals surface area (Å²) in [7, 11) is 0. The number of fused-ring (bicyclic) bond motifs is 4. The molecule has 5 rings (SSSR count). The molecule has 168 valence electrons. The summed E-state index contributed by atoms with van der Waals surface area (Å²) in [6, 6.07) is 20.6. The van der Waals surface area contributed by atoms with E-state index in [1.807, 2.05) is 34.9 Å². The number of alkyl carbamates (subject to hydrolysis) is 1. The predicted octanol–water partition coefficient (Wildman–Crippen LogP) is 4.55. The number of nitrogens with one attached hydrogen (secondary N) is 1. The van der Waals surface area contributed by atoms with Crippen LogP contribution in [0.15, 0.2) is 67.0 Å². The minimum absolute atomic E-state index is 0.0112. The Labute approximate surface area is 192 Å². The molecule has 1 amide bonds. The summed E-state index contributed by atoms with van der Waals surface area (Å²) in [5, 5.41) is 13.2. The molecule has 0 spiro atoms. The minimum Gasteiger partial charge on any atom is -0.449 e. The Morgan fingerprint density at radius 3 is 2.39 bits per heavy atom. The summed E-state index contributed by atoms with van der Waals surface area (Å²) in [6.45, 7) is 4.80. The number of amides is 1. The van der Waals surface area contributed by atoms with Crippen LogP contribution in [-0.2, 0) is 11.3 Å². The molecule has 0 aliphatic heterocycles. The van der Waals surface area contributed by atoms with E-state index in [1.54, 1.807) is 6.33 Å². The highest BCUT2D eigenvalue weighted by Gasteiger charge is 2.29. The van der Waals surface area contributed by atoms with Gasteiger partial charge in [-0.15, -0.1) is 0 Å². The average molecular weight is 442 g/mol. The normalized spacial score (nSPS) is 13.5. The molecule has 6 heteroatoms. The maximum absolute atomic E-state index is 12.4. The number of aromatic nitrogens is 2. The van der Waals surface area contributed by atoms with Gasteiger partial charge in [-0.3, -0.25) is 0 Å². The third-order valence-electron chi connectivity index (χ3n) is 6.47. The first-order valence-electron chi connectivity index (χ1n) is 11.2. The first-order chi connectivity index (χ1) is 16.0.